The molecule has 4 rings (SSSR count). The van der Waals surface area contributed by atoms with Gasteiger partial charge in [0.25, 0.3) is 5.91 Å². The van der Waals surface area contributed by atoms with E-state index in [-0.39, 0.29) is 49.4 Å². The van der Waals surface area contributed by atoms with Crippen molar-refractivity contribution in [2.24, 2.45) is 5.92 Å². The molecule has 1 saturated heterocycles. The summed E-state index contributed by atoms with van der Waals surface area (Å²) in [5, 5.41) is 3.33. The van der Waals surface area contributed by atoms with Crippen LogP contribution in [0.2, 0.25) is 5.02 Å². The molecule has 2 atom stereocenters. The van der Waals surface area contributed by atoms with Crippen molar-refractivity contribution < 1.29 is 40.7 Å². The molecule has 0 unspecified atom stereocenters. The SMILES string of the molecule is CC(=O)N[C@H]1CC[C@H](C(=O)N2CC[C@@H](N(C)C(=O)c3cc(C(F)(F)F)cc(C(F)(F)F)c3)[C@H](c3ccc(Cl)cc3)C2)CC1. The molecule has 1 aliphatic carbocycles. The number of benzene rings is 2. The first-order chi connectivity index (χ1) is 20.0. The molecule has 43 heavy (non-hydrogen) atoms. The van der Waals surface area contributed by atoms with E-state index in [0.29, 0.717) is 42.8 Å². The molecule has 0 aromatic heterocycles. The maximum atomic E-state index is 13.5. The van der Waals surface area contributed by atoms with Gasteiger partial charge in [0.1, 0.15) is 0 Å². The maximum Gasteiger partial charge on any atom is 0.416 e. The Morgan fingerprint density at radius 2 is 1.44 bits per heavy atom. The molecule has 3 amide bonds. The number of halogens is 7. The number of amides is 3. The molecule has 1 saturated carbocycles. The largest absolute Gasteiger partial charge is 0.416 e. The van der Waals surface area contributed by atoms with Gasteiger partial charge in [-0.2, -0.15) is 26.3 Å². The number of nitrogens with one attached hydrogen (secondary N) is 1. The molecule has 2 aromatic carbocycles. The highest BCUT2D eigenvalue weighted by Crippen LogP contribution is 2.38. The van der Waals surface area contributed by atoms with Crippen LogP contribution in [-0.2, 0) is 21.9 Å². The average Bonchev–Trinajstić information content (AvgIpc) is 2.95. The quantitative estimate of drug-likeness (QED) is 0.382. The van der Waals surface area contributed by atoms with Gasteiger partial charge in [-0.1, -0.05) is 23.7 Å². The van der Waals surface area contributed by atoms with Crippen LogP contribution in [0, 0.1) is 5.92 Å². The van der Waals surface area contributed by atoms with E-state index < -0.39 is 46.9 Å². The first-order valence-electron chi connectivity index (χ1n) is 13.9. The van der Waals surface area contributed by atoms with Crippen molar-refractivity contribution in [3.8, 4) is 0 Å². The molecule has 2 aliphatic rings. The highest BCUT2D eigenvalue weighted by molar-refractivity contribution is 6.30. The molecule has 0 radical (unpaired) electrons. The van der Waals surface area contributed by atoms with Crippen molar-refractivity contribution in [3.05, 3.63) is 69.7 Å². The summed E-state index contributed by atoms with van der Waals surface area (Å²) in [6.45, 7) is 1.90. The van der Waals surface area contributed by atoms with E-state index in [0.717, 1.165) is 5.56 Å². The molecule has 1 aliphatic heterocycles. The lowest BCUT2D eigenvalue weighted by atomic mass is 9.82. The molecule has 6 nitrogen and oxygen atoms in total. The molecule has 2 fully saturated rings. The number of rotatable bonds is 5. The number of likely N-dealkylation sites (tertiary alicyclic amines) is 1. The van der Waals surface area contributed by atoms with Crippen LogP contribution in [0.5, 0.6) is 0 Å². The molecular weight excluding hydrogens is 600 g/mol. The molecule has 0 bridgehead atoms. The topological polar surface area (TPSA) is 69.7 Å². The van der Waals surface area contributed by atoms with Crippen LogP contribution in [0.4, 0.5) is 26.3 Å². The van der Waals surface area contributed by atoms with Crippen molar-refractivity contribution in [3.63, 3.8) is 0 Å². The van der Waals surface area contributed by atoms with E-state index in [4.69, 9.17) is 11.6 Å². The van der Waals surface area contributed by atoms with E-state index in [2.05, 4.69) is 5.32 Å². The zero-order chi connectivity index (χ0) is 31.7. The Kier molecular flexibility index (Phi) is 9.68. The minimum atomic E-state index is -5.09. The summed E-state index contributed by atoms with van der Waals surface area (Å²) < 4.78 is 80.8. The van der Waals surface area contributed by atoms with Crippen LogP contribution < -0.4 is 5.32 Å². The molecule has 2 aromatic rings. The monoisotopic (exact) mass is 631 g/mol. The maximum absolute atomic E-state index is 13.5. The van der Waals surface area contributed by atoms with Crippen molar-refractivity contribution in [1.82, 2.24) is 15.1 Å². The van der Waals surface area contributed by atoms with Crippen LogP contribution >= 0.6 is 11.6 Å². The minimum Gasteiger partial charge on any atom is -0.354 e. The zero-order valence-corrected chi connectivity index (χ0v) is 24.3. The van der Waals surface area contributed by atoms with Crippen LogP contribution in [0.1, 0.15) is 72.0 Å². The lowest BCUT2D eigenvalue weighted by molar-refractivity contribution is -0.143. The lowest BCUT2D eigenvalue weighted by Gasteiger charge is -2.44. The second kappa shape index (κ2) is 12.8. The highest BCUT2D eigenvalue weighted by Gasteiger charge is 2.41. The van der Waals surface area contributed by atoms with E-state index >= 15 is 0 Å². The van der Waals surface area contributed by atoms with Crippen LogP contribution in [0.25, 0.3) is 0 Å². The third-order valence-corrected chi connectivity index (χ3v) is 8.57. The summed E-state index contributed by atoms with van der Waals surface area (Å²) >= 11 is 6.07. The van der Waals surface area contributed by atoms with Crippen molar-refractivity contribution in [2.75, 3.05) is 20.1 Å². The molecule has 1 heterocycles. The number of nitrogens with zero attached hydrogens (tertiary/aromatic N) is 2. The number of hydrogen-bond acceptors (Lipinski definition) is 3. The molecule has 0 spiro atoms. The van der Waals surface area contributed by atoms with Gasteiger partial charge in [-0.3, -0.25) is 14.4 Å². The minimum absolute atomic E-state index is 0.0129. The lowest BCUT2D eigenvalue weighted by Crippen LogP contribution is -2.53. The van der Waals surface area contributed by atoms with Crippen molar-refractivity contribution >= 4 is 29.3 Å². The zero-order valence-electron chi connectivity index (χ0n) is 23.6. The number of piperidine rings is 1. The van der Waals surface area contributed by atoms with Gasteiger partial charge in [0, 0.05) is 61.6 Å². The summed E-state index contributed by atoms with van der Waals surface area (Å²) in [4.78, 5) is 41.3. The molecule has 234 valence electrons. The Hall–Kier alpha value is -3.28. The van der Waals surface area contributed by atoms with Crippen molar-refractivity contribution in [1.29, 1.82) is 0 Å². The smallest absolute Gasteiger partial charge is 0.354 e. The predicted molar refractivity (Wildman–Crippen MR) is 147 cm³/mol. The highest BCUT2D eigenvalue weighted by atomic mass is 35.5. The van der Waals surface area contributed by atoms with Gasteiger partial charge < -0.3 is 15.1 Å². The number of alkyl halides is 6. The van der Waals surface area contributed by atoms with Gasteiger partial charge in [-0.15, -0.1) is 0 Å². The third kappa shape index (κ3) is 7.82. The van der Waals surface area contributed by atoms with E-state index in [1.807, 2.05) is 0 Å². The average molecular weight is 632 g/mol. The molecule has 1 N–H and O–H groups in total. The van der Waals surface area contributed by atoms with Gasteiger partial charge in [0.05, 0.1) is 11.1 Å². The standard InChI is InChI=1S/C30H32ClF6N3O3/c1-17(41)38-24-9-5-19(6-10-24)28(43)40-12-11-26(25(16-40)18-3-7-23(31)8-4-18)39(2)27(42)20-13-21(29(32,33)34)15-22(14-20)30(35,36)37/h3-4,7-8,13-15,19,24-26H,5-6,9-12,16H2,1-2H3,(H,38,41)/t19-,24-,25-,26+/m0/s1. The first-order valence-corrected chi connectivity index (χ1v) is 14.3. The third-order valence-electron chi connectivity index (χ3n) is 8.32. The number of carbonyl (C=O) groups excluding carboxylic acids is 3. The van der Waals surface area contributed by atoms with E-state index in [9.17, 15) is 40.7 Å². The van der Waals surface area contributed by atoms with Gasteiger partial charge >= 0.3 is 12.4 Å². The van der Waals surface area contributed by atoms with Gasteiger partial charge in [-0.05, 0) is 68.0 Å². The van der Waals surface area contributed by atoms with E-state index in [1.54, 1.807) is 29.2 Å². The second-order valence-corrected chi connectivity index (χ2v) is 11.7. The Balaban J connectivity index is 1.58. The second-order valence-electron chi connectivity index (χ2n) is 11.3. The summed E-state index contributed by atoms with van der Waals surface area (Å²) in [6, 6.07) is 6.99. The fourth-order valence-electron chi connectivity index (χ4n) is 6.10. The summed E-state index contributed by atoms with van der Waals surface area (Å²) in [5.74, 6) is -1.89. The Morgan fingerprint density at radius 1 is 0.884 bits per heavy atom. The normalized spacial score (nSPS) is 23.0. The Bertz CT molecular complexity index is 1310. The van der Waals surface area contributed by atoms with Crippen LogP contribution in [-0.4, -0.2) is 59.7 Å². The number of hydrogen-bond donors (Lipinski definition) is 1. The van der Waals surface area contributed by atoms with Gasteiger partial charge in [0.15, 0.2) is 0 Å². The van der Waals surface area contributed by atoms with Crippen molar-refractivity contribution in [2.45, 2.75) is 69.4 Å². The number of likely N-dealkylation sites (N-methyl/N-ethyl adjacent to an activating group) is 1. The van der Waals surface area contributed by atoms with Crippen LogP contribution in [0.15, 0.2) is 42.5 Å². The fraction of sp³-hybridized carbons (Fsp3) is 0.500. The fourth-order valence-corrected chi connectivity index (χ4v) is 6.23. The summed E-state index contributed by atoms with van der Waals surface area (Å²) in [7, 11) is 1.35. The summed E-state index contributed by atoms with van der Waals surface area (Å²) in [5.41, 5.74) is -3.14. The first kappa shape index (κ1) is 32.6. The predicted octanol–water partition coefficient (Wildman–Crippen LogP) is 6.53. The van der Waals surface area contributed by atoms with Crippen LogP contribution in [0.3, 0.4) is 0 Å². The van der Waals surface area contributed by atoms with Gasteiger partial charge in [0.2, 0.25) is 11.8 Å². The number of carbonyl (C=O) groups is 3. The Labute approximate surface area is 250 Å². The summed E-state index contributed by atoms with van der Waals surface area (Å²) in [6.07, 6.45) is -7.38. The molecule has 13 heteroatoms. The molecular formula is C30H32ClF6N3O3. The van der Waals surface area contributed by atoms with E-state index in [1.165, 1.54) is 18.9 Å². The van der Waals surface area contributed by atoms with Gasteiger partial charge in [-0.25, -0.2) is 0 Å². The Morgan fingerprint density at radius 3 is 1.95 bits per heavy atom.